The summed E-state index contributed by atoms with van der Waals surface area (Å²) in [6, 6.07) is 8.02. The molecule has 30 heavy (non-hydrogen) atoms. The van der Waals surface area contributed by atoms with E-state index in [2.05, 4.69) is 5.10 Å². The Morgan fingerprint density at radius 3 is 2.73 bits per heavy atom. The molecule has 0 aliphatic carbocycles. The molecule has 0 radical (unpaired) electrons. The first-order valence-corrected chi connectivity index (χ1v) is 12.1. The lowest BCUT2D eigenvalue weighted by Crippen LogP contribution is -2.33. The molecule has 10 heteroatoms. The number of rotatable bonds is 8. The molecule has 0 bridgehead atoms. The smallest absolute Gasteiger partial charge is 0.319 e. The van der Waals surface area contributed by atoms with Crippen LogP contribution in [0.4, 0.5) is 0 Å². The number of ether oxygens (including phenoxy) is 1. The van der Waals surface area contributed by atoms with Crippen molar-refractivity contribution in [3.63, 3.8) is 0 Å². The number of benzene rings is 1. The predicted molar refractivity (Wildman–Crippen MR) is 116 cm³/mol. The highest BCUT2D eigenvalue weighted by molar-refractivity contribution is 7.91. The molecular weight excluding hydrogens is 424 g/mol. The topological polar surface area (TPSA) is 86.4 Å². The summed E-state index contributed by atoms with van der Waals surface area (Å²) in [7, 11) is 0.278. The highest BCUT2D eigenvalue weighted by atomic mass is 32.2. The summed E-state index contributed by atoms with van der Waals surface area (Å²) in [4.78, 5) is 13.9. The summed E-state index contributed by atoms with van der Waals surface area (Å²) < 4.78 is 32.4. The number of sulfone groups is 1. The van der Waals surface area contributed by atoms with Crippen molar-refractivity contribution < 1.29 is 17.9 Å². The van der Waals surface area contributed by atoms with Gasteiger partial charge in [-0.25, -0.2) is 13.1 Å². The molecule has 1 fully saturated rings. The first-order valence-electron chi connectivity index (χ1n) is 9.85. The number of hydrogen-bond acceptors (Lipinski definition) is 7. The lowest BCUT2D eigenvalue weighted by molar-refractivity contribution is -0.142. The number of hydrogen-bond donors (Lipinski definition) is 0. The van der Waals surface area contributed by atoms with Crippen LogP contribution in [0.1, 0.15) is 23.4 Å². The number of methoxy groups -OCH3 is 1. The minimum Gasteiger partial charge on any atom is -0.468 e. The van der Waals surface area contributed by atoms with Crippen LogP contribution in [0.2, 0.25) is 0 Å². The van der Waals surface area contributed by atoms with Crippen LogP contribution in [-0.2, 0) is 46.1 Å². The van der Waals surface area contributed by atoms with Crippen molar-refractivity contribution in [2.45, 2.75) is 33.0 Å². The molecular formula is C20H28N4O4S2. The Balaban J connectivity index is 1.79. The average molecular weight is 453 g/mol. The van der Waals surface area contributed by atoms with Crippen molar-refractivity contribution >= 4 is 28.0 Å². The third-order valence-electron chi connectivity index (χ3n) is 5.50. The van der Waals surface area contributed by atoms with Crippen LogP contribution in [0.25, 0.3) is 0 Å². The zero-order chi connectivity index (χ0) is 21.9. The van der Waals surface area contributed by atoms with Crippen LogP contribution in [0.5, 0.6) is 0 Å². The van der Waals surface area contributed by atoms with E-state index in [9.17, 15) is 13.2 Å². The number of nitrogens with zero attached hydrogens (tertiary/aromatic N) is 4. The number of aryl methyl sites for hydroxylation is 1. The fourth-order valence-electron chi connectivity index (χ4n) is 3.71. The predicted octanol–water partition coefficient (Wildman–Crippen LogP) is 1.87. The van der Waals surface area contributed by atoms with E-state index >= 15 is 0 Å². The largest absolute Gasteiger partial charge is 0.468 e. The Bertz CT molecular complexity index is 1070. The van der Waals surface area contributed by atoms with E-state index < -0.39 is 9.84 Å². The fraction of sp³-hybridized carbons (Fsp3) is 0.550. The first-order chi connectivity index (χ1) is 14.2. The van der Waals surface area contributed by atoms with E-state index in [1.165, 1.54) is 7.11 Å². The number of carbonyl (C=O) groups is 1. The van der Waals surface area contributed by atoms with E-state index in [0.29, 0.717) is 30.8 Å². The molecule has 1 aromatic heterocycles. The van der Waals surface area contributed by atoms with Crippen LogP contribution in [0, 0.1) is 17.6 Å². The Morgan fingerprint density at radius 2 is 2.10 bits per heavy atom. The SMILES string of the molecule is COC(=O)CN(Cc1ccccc1C)Cn1nc(CC2CCS(=O)(=O)C2)n(C)c1=S. The molecule has 164 valence electrons. The minimum absolute atomic E-state index is 0.0668. The molecule has 3 rings (SSSR count). The molecule has 1 aliphatic heterocycles. The number of carbonyl (C=O) groups excluding carboxylic acids is 1. The maximum Gasteiger partial charge on any atom is 0.319 e. The molecule has 0 amide bonds. The van der Waals surface area contributed by atoms with Crippen molar-refractivity contribution in [1.82, 2.24) is 19.2 Å². The maximum atomic E-state index is 12.0. The van der Waals surface area contributed by atoms with E-state index in [1.807, 2.05) is 47.7 Å². The summed E-state index contributed by atoms with van der Waals surface area (Å²) in [6.45, 7) is 3.03. The third kappa shape index (κ3) is 5.55. The van der Waals surface area contributed by atoms with Gasteiger partial charge >= 0.3 is 5.97 Å². The molecule has 8 nitrogen and oxygen atoms in total. The molecule has 0 saturated carbocycles. The van der Waals surface area contributed by atoms with Gasteiger partial charge in [0.1, 0.15) is 5.82 Å². The summed E-state index contributed by atoms with van der Waals surface area (Å²) in [5.74, 6) is 0.941. The molecule has 2 aromatic rings. The van der Waals surface area contributed by atoms with Gasteiger partial charge in [-0.2, -0.15) is 5.10 Å². The molecule has 0 N–H and O–H groups in total. The Labute approximate surface area is 182 Å². The second-order valence-electron chi connectivity index (χ2n) is 7.86. The van der Waals surface area contributed by atoms with Crippen molar-refractivity contribution in [2.24, 2.45) is 13.0 Å². The monoisotopic (exact) mass is 452 g/mol. The van der Waals surface area contributed by atoms with Crippen molar-refractivity contribution in [3.05, 3.63) is 46.0 Å². The van der Waals surface area contributed by atoms with E-state index in [4.69, 9.17) is 17.0 Å². The zero-order valence-electron chi connectivity index (χ0n) is 17.6. The molecule has 1 aliphatic rings. The van der Waals surface area contributed by atoms with Gasteiger partial charge in [-0.15, -0.1) is 0 Å². The maximum absolute atomic E-state index is 12.0. The number of aromatic nitrogens is 3. The van der Waals surface area contributed by atoms with E-state index in [1.54, 1.807) is 4.68 Å². The van der Waals surface area contributed by atoms with Gasteiger partial charge < -0.3 is 9.30 Å². The summed E-state index contributed by atoms with van der Waals surface area (Å²) in [5.41, 5.74) is 2.25. The van der Waals surface area contributed by atoms with Gasteiger partial charge in [0.15, 0.2) is 14.6 Å². The lowest BCUT2D eigenvalue weighted by Gasteiger charge is -2.21. The van der Waals surface area contributed by atoms with Crippen LogP contribution < -0.4 is 0 Å². The Morgan fingerprint density at radius 1 is 1.37 bits per heavy atom. The van der Waals surface area contributed by atoms with Crippen LogP contribution >= 0.6 is 12.2 Å². The van der Waals surface area contributed by atoms with Gasteiger partial charge in [0, 0.05) is 20.0 Å². The highest BCUT2D eigenvalue weighted by Crippen LogP contribution is 2.22. The summed E-state index contributed by atoms with van der Waals surface area (Å²) in [6.07, 6.45) is 1.23. The quantitative estimate of drug-likeness (QED) is 0.446. The van der Waals surface area contributed by atoms with Gasteiger partial charge in [0.25, 0.3) is 0 Å². The second kappa shape index (κ2) is 9.40. The Hall–Kier alpha value is -2.04. The minimum atomic E-state index is -2.94. The zero-order valence-corrected chi connectivity index (χ0v) is 19.2. The van der Waals surface area contributed by atoms with Crippen LogP contribution in [0.15, 0.2) is 24.3 Å². The standard InChI is InChI=1S/C20H28N4O4S2/c1-15-6-4-5-7-17(15)11-23(12-19(25)28-3)14-24-20(29)22(2)18(21-24)10-16-8-9-30(26,27)13-16/h4-7,16H,8-14H2,1-3H3. The third-order valence-corrected chi connectivity index (χ3v) is 7.82. The normalized spacial score (nSPS) is 18.1. The van der Waals surface area contributed by atoms with Gasteiger partial charge in [-0.05, 0) is 42.6 Å². The number of esters is 1. The summed E-state index contributed by atoms with van der Waals surface area (Å²) in [5, 5.41) is 4.64. The average Bonchev–Trinajstić information content (AvgIpc) is 3.17. The lowest BCUT2D eigenvalue weighted by atomic mass is 10.1. The van der Waals surface area contributed by atoms with Crippen molar-refractivity contribution in [1.29, 1.82) is 0 Å². The van der Waals surface area contributed by atoms with E-state index in [0.717, 1.165) is 17.0 Å². The fourth-order valence-corrected chi connectivity index (χ4v) is 5.78. The molecule has 2 heterocycles. The van der Waals surface area contributed by atoms with Crippen LogP contribution in [-0.4, -0.2) is 58.8 Å². The van der Waals surface area contributed by atoms with Gasteiger partial charge in [-0.3, -0.25) is 9.69 Å². The molecule has 1 unspecified atom stereocenters. The van der Waals surface area contributed by atoms with E-state index in [-0.39, 0.29) is 29.9 Å². The Kier molecular flexibility index (Phi) is 7.10. The first kappa shape index (κ1) is 22.6. The van der Waals surface area contributed by atoms with Gasteiger partial charge in [-0.1, -0.05) is 24.3 Å². The molecule has 0 spiro atoms. The van der Waals surface area contributed by atoms with Gasteiger partial charge in [0.2, 0.25) is 0 Å². The van der Waals surface area contributed by atoms with Crippen LogP contribution in [0.3, 0.4) is 0 Å². The van der Waals surface area contributed by atoms with Crippen molar-refractivity contribution in [2.75, 3.05) is 25.2 Å². The van der Waals surface area contributed by atoms with Gasteiger partial charge in [0.05, 0.1) is 31.8 Å². The molecule has 1 saturated heterocycles. The molecule has 1 atom stereocenters. The molecule has 1 aromatic carbocycles. The summed E-state index contributed by atoms with van der Waals surface area (Å²) >= 11 is 5.55. The highest BCUT2D eigenvalue weighted by Gasteiger charge is 2.29. The second-order valence-corrected chi connectivity index (χ2v) is 10.5. The van der Waals surface area contributed by atoms with Crippen molar-refractivity contribution in [3.8, 4) is 0 Å².